The molecule has 26 heavy (non-hydrogen) atoms. The Bertz CT molecular complexity index is 804. The Morgan fingerprint density at radius 3 is 2.69 bits per heavy atom. The van der Waals surface area contributed by atoms with Crippen LogP contribution in [-0.2, 0) is 4.79 Å². The van der Waals surface area contributed by atoms with Crippen molar-refractivity contribution in [2.45, 2.75) is 43.3 Å². The molecule has 138 valence electrons. The van der Waals surface area contributed by atoms with E-state index in [0.717, 1.165) is 29.4 Å². The summed E-state index contributed by atoms with van der Waals surface area (Å²) in [6, 6.07) is 7.08. The molecule has 3 amide bonds. The van der Waals surface area contributed by atoms with Gasteiger partial charge in [0.15, 0.2) is 11.0 Å². The second-order valence-electron chi connectivity index (χ2n) is 6.11. The summed E-state index contributed by atoms with van der Waals surface area (Å²) in [5.41, 5.74) is 5.80. The highest BCUT2D eigenvalue weighted by Crippen LogP contribution is 2.38. The number of nitrogens with zero attached hydrogens (tertiary/aromatic N) is 3. The molecule has 1 heterocycles. The highest BCUT2D eigenvalue weighted by Gasteiger charge is 2.25. The van der Waals surface area contributed by atoms with Crippen molar-refractivity contribution in [3.63, 3.8) is 0 Å². The van der Waals surface area contributed by atoms with Gasteiger partial charge in [-0.15, -0.1) is 10.2 Å². The van der Waals surface area contributed by atoms with Crippen molar-refractivity contribution in [2.75, 3.05) is 5.75 Å². The van der Waals surface area contributed by atoms with E-state index in [9.17, 15) is 9.59 Å². The number of imide groups is 1. The first-order valence-corrected chi connectivity index (χ1v) is 9.84. The van der Waals surface area contributed by atoms with E-state index < -0.39 is 11.9 Å². The van der Waals surface area contributed by atoms with Crippen LogP contribution in [0.5, 0.6) is 0 Å². The number of nitrogens with two attached hydrogens (primary N) is 1. The molecule has 3 rings (SSSR count). The molecule has 9 heteroatoms. The number of amides is 3. The normalized spacial score (nSPS) is 14.5. The van der Waals surface area contributed by atoms with Crippen molar-refractivity contribution in [1.82, 2.24) is 20.1 Å². The molecule has 0 unspecified atom stereocenters. The number of aromatic nitrogens is 3. The van der Waals surface area contributed by atoms with Crippen LogP contribution in [-0.4, -0.2) is 32.5 Å². The van der Waals surface area contributed by atoms with Crippen molar-refractivity contribution in [3.05, 3.63) is 29.3 Å². The maximum atomic E-state index is 11.6. The Hall–Kier alpha value is -2.06. The summed E-state index contributed by atoms with van der Waals surface area (Å²) in [4.78, 5) is 22.3. The fourth-order valence-electron chi connectivity index (χ4n) is 3.13. The summed E-state index contributed by atoms with van der Waals surface area (Å²) in [5.74, 6) is 0.835. The quantitative estimate of drug-likeness (QED) is 0.732. The van der Waals surface area contributed by atoms with Gasteiger partial charge in [-0.3, -0.25) is 14.7 Å². The van der Waals surface area contributed by atoms with Crippen LogP contribution in [0.2, 0.25) is 5.02 Å². The monoisotopic (exact) mass is 393 g/mol. The van der Waals surface area contributed by atoms with Gasteiger partial charge < -0.3 is 5.73 Å². The molecule has 0 aliphatic heterocycles. The zero-order chi connectivity index (χ0) is 18.5. The maximum absolute atomic E-state index is 11.6. The molecule has 7 nitrogen and oxygen atoms in total. The smallest absolute Gasteiger partial charge is 0.318 e. The molecular formula is C17H20ClN5O2S. The van der Waals surface area contributed by atoms with Gasteiger partial charge in [0.25, 0.3) is 0 Å². The lowest BCUT2D eigenvalue weighted by Crippen LogP contribution is -2.35. The minimum Gasteiger partial charge on any atom is -0.351 e. The molecule has 1 fully saturated rings. The third-order valence-electron chi connectivity index (χ3n) is 4.29. The Morgan fingerprint density at radius 1 is 1.27 bits per heavy atom. The molecule has 3 N–H and O–H groups in total. The third kappa shape index (κ3) is 4.37. The van der Waals surface area contributed by atoms with E-state index in [0.29, 0.717) is 16.8 Å². The Morgan fingerprint density at radius 2 is 2.00 bits per heavy atom. The van der Waals surface area contributed by atoms with E-state index in [2.05, 4.69) is 20.1 Å². The van der Waals surface area contributed by atoms with Gasteiger partial charge in [0.05, 0.1) is 5.02 Å². The lowest BCUT2D eigenvalue weighted by Gasteiger charge is -2.17. The molecule has 0 radical (unpaired) electrons. The Kier molecular flexibility index (Phi) is 6.16. The number of hydrogen-bond acceptors (Lipinski definition) is 5. The topological polar surface area (TPSA) is 103 Å². The Balaban J connectivity index is 1.81. The van der Waals surface area contributed by atoms with Crippen LogP contribution in [0.25, 0.3) is 11.4 Å². The number of carbonyl (C=O) groups excluding carboxylic acids is 2. The van der Waals surface area contributed by atoms with Crippen LogP contribution in [0.1, 0.15) is 38.1 Å². The number of primary amides is 1. The summed E-state index contributed by atoms with van der Waals surface area (Å²) in [6.45, 7) is 0. The number of halogens is 1. The maximum Gasteiger partial charge on any atom is 0.318 e. The van der Waals surface area contributed by atoms with Gasteiger partial charge >= 0.3 is 6.03 Å². The molecular weight excluding hydrogens is 374 g/mol. The number of thioether (sulfide) groups is 1. The van der Waals surface area contributed by atoms with Crippen LogP contribution in [0, 0.1) is 0 Å². The minimum atomic E-state index is -0.838. The van der Waals surface area contributed by atoms with Crippen molar-refractivity contribution < 1.29 is 9.59 Å². The van der Waals surface area contributed by atoms with Crippen LogP contribution in [0.4, 0.5) is 4.79 Å². The largest absolute Gasteiger partial charge is 0.351 e. The van der Waals surface area contributed by atoms with E-state index in [1.807, 2.05) is 24.3 Å². The molecule has 1 aliphatic rings. The van der Waals surface area contributed by atoms with Gasteiger partial charge in [0.2, 0.25) is 5.91 Å². The summed E-state index contributed by atoms with van der Waals surface area (Å²) >= 11 is 7.80. The van der Waals surface area contributed by atoms with E-state index >= 15 is 0 Å². The molecule has 1 aromatic heterocycles. The molecule has 0 atom stereocenters. The minimum absolute atomic E-state index is 0.173. The standard InChI is InChI=1S/C17H20ClN5O2S/c18-13-8-4-3-7-12(13)15-21-22-17(23(15)11-5-1-2-6-11)26-10-9-14(24)20-16(19)25/h3-4,7-8,11H,1-2,5-6,9-10H2,(H3,19,20,24,25). The SMILES string of the molecule is NC(=O)NC(=O)CCSc1nnc(-c2ccccc2Cl)n1C1CCCC1. The lowest BCUT2D eigenvalue weighted by atomic mass is 10.2. The highest BCUT2D eigenvalue weighted by molar-refractivity contribution is 7.99. The fraction of sp³-hybridized carbons (Fsp3) is 0.412. The first kappa shape index (κ1) is 18.7. The fourth-order valence-corrected chi connectivity index (χ4v) is 4.29. The van der Waals surface area contributed by atoms with Crippen LogP contribution in [0.3, 0.4) is 0 Å². The third-order valence-corrected chi connectivity index (χ3v) is 5.57. The van der Waals surface area contributed by atoms with Crippen molar-refractivity contribution in [1.29, 1.82) is 0 Å². The van der Waals surface area contributed by atoms with Gasteiger partial charge in [-0.25, -0.2) is 4.79 Å². The van der Waals surface area contributed by atoms with Gasteiger partial charge in [-0.2, -0.15) is 0 Å². The van der Waals surface area contributed by atoms with Crippen molar-refractivity contribution in [2.24, 2.45) is 5.73 Å². The molecule has 0 spiro atoms. The second-order valence-corrected chi connectivity index (χ2v) is 7.57. The predicted molar refractivity (Wildman–Crippen MR) is 101 cm³/mol. The second kappa shape index (κ2) is 8.55. The summed E-state index contributed by atoms with van der Waals surface area (Å²) < 4.78 is 2.14. The molecule has 1 aromatic carbocycles. The average Bonchev–Trinajstić information content (AvgIpc) is 3.23. The van der Waals surface area contributed by atoms with Crippen LogP contribution in [0.15, 0.2) is 29.4 Å². The number of rotatable bonds is 6. The first-order chi connectivity index (χ1) is 12.6. The number of carbonyl (C=O) groups is 2. The first-order valence-electron chi connectivity index (χ1n) is 8.48. The number of benzene rings is 1. The molecule has 0 bridgehead atoms. The Labute approximate surface area is 160 Å². The van der Waals surface area contributed by atoms with E-state index in [1.165, 1.54) is 24.6 Å². The zero-order valence-electron chi connectivity index (χ0n) is 14.2. The van der Waals surface area contributed by atoms with Crippen molar-refractivity contribution in [3.8, 4) is 11.4 Å². The molecule has 0 saturated heterocycles. The van der Waals surface area contributed by atoms with Crippen LogP contribution < -0.4 is 11.1 Å². The summed E-state index contributed by atoms with van der Waals surface area (Å²) in [5, 5.41) is 12.2. The highest BCUT2D eigenvalue weighted by atomic mass is 35.5. The molecule has 1 aliphatic carbocycles. The van der Waals surface area contributed by atoms with E-state index in [-0.39, 0.29) is 6.42 Å². The zero-order valence-corrected chi connectivity index (χ0v) is 15.7. The van der Waals surface area contributed by atoms with E-state index in [4.69, 9.17) is 17.3 Å². The van der Waals surface area contributed by atoms with Crippen molar-refractivity contribution >= 4 is 35.3 Å². The average molecular weight is 394 g/mol. The van der Waals surface area contributed by atoms with Crippen LogP contribution >= 0.6 is 23.4 Å². The number of nitrogens with one attached hydrogen (secondary N) is 1. The van der Waals surface area contributed by atoms with Gasteiger partial charge in [0.1, 0.15) is 0 Å². The summed E-state index contributed by atoms with van der Waals surface area (Å²) in [7, 11) is 0. The number of hydrogen-bond donors (Lipinski definition) is 2. The van der Waals surface area contributed by atoms with E-state index in [1.54, 1.807) is 0 Å². The van der Waals surface area contributed by atoms with Gasteiger partial charge in [-0.1, -0.05) is 48.3 Å². The van der Waals surface area contributed by atoms with Gasteiger partial charge in [0, 0.05) is 23.8 Å². The molecule has 1 saturated carbocycles. The summed E-state index contributed by atoms with van der Waals surface area (Å²) in [6.07, 6.45) is 4.68. The predicted octanol–water partition coefficient (Wildman–Crippen LogP) is 3.39. The lowest BCUT2D eigenvalue weighted by molar-refractivity contribution is -0.119. The van der Waals surface area contributed by atoms with Gasteiger partial charge in [-0.05, 0) is 25.0 Å². The molecule has 2 aromatic rings. The number of urea groups is 1.